The molecule has 0 heterocycles. The van der Waals surface area contributed by atoms with E-state index in [2.05, 4.69) is 0 Å². The molecule has 1 atom stereocenters. The molecular weight excluding hydrogens is 297 g/mol. The Morgan fingerprint density at radius 2 is 2.21 bits per heavy atom. The topological polar surface area (TPSA) is 83.5 Å². The van der Waals surface area contributed by atoms with Crippen LogP contribution in [0.5, 0.6) is 0 Å². The highest BCUT2D eigenvalue weighted by Gasteiger charge is 2.11. The predicted molar refractivity (Wildman–Crippen MR) is 60.1 cm³/mol. The van der Waals surface area contributed by atoms with Crippen molar-refractivity contribution in [2.75, 3.05) is 6.61 Å². The van der Waals surface area contributed by atoms with Gasteiger partial charge >= 0.3 is 5.97 Å². The molecule has 0 bridgehead atoms. The van der Waals surface area contributed by atoms with Gasteiger partial charge in [-0.05, 0) is 40.3 Å². The summed E-state index contributed by atoms with van der Waals surface area (Å²) in [5, 5.41) is 17.6. The number of benzene rings is 1. The number of carbonyl (C=O) groups is 1. The average Bonchev–Trinajstić information content (AvgIpc) is 2.16. The molecule has 0 saturated carbocycles. The minimum Gasteiger partial charge on any atom is -0.478 e. The van der Waals surface area contributed by atoms with E-state index in [9.17, 15) is 4.79 Å². The number of hydrogen-bond acceptors (Lipinski definition) is 3. The number of rotatable bonds is 3. The third kappa shape index (κ3) is 2.43. The summed E-state index contributed by atoms with van der Waals surface area (Å²) in [7, 11) is 0. The van der Waals surface area contributed by atoms with Gasteiger partial charge in [0.05, 0.1) is 18.2 Å². The molecule has 14 heavy (non-hydrogen) atoms. The van der Waals surface area contributed by atoms with E-state index < -0.39 is 12.0 Å². The number of aliphatic hydroxyl groups excluding tert-OH is 1. The third-order valence-corrected chi connectivity index (χ3v) is 2.78. The van der Waals surface area contributed by atoms with Crippen molar-refractivity contribution in [2.45, 2.75) is 6.04 Å². The van der Waals surface area contributed by atoms with Gasteiger partial charge in [0.15, 0.2) is 0 Å². The number of carboxylic acid groups (broad SMARTS) is 1. The Kier molecular flexibility index (Phi) is 3.85. The van der Waals surface area contributed by atoms with E-state index in [1.807, 2.05) is 22.6 Å². The number of hydrogen-bond donors (Lipinski definition) is 3. The highest BCUT2D eigenvalue weighted by Crippen LogP contribution is 2.19. The van der Waals surface area contributed by atoms with Crippen LogP contribution < -0.4 is 5.73 Å². The minimum absolute atomic E-state index is 0.150. The van der Waals surface area contributed by atoms with Gasteiger partial charge in [0, 0.05) is 3.57 Å². The van der Waals surface area contributed by atoms with Gasteiger partial charge in [-0.1, -0.05) is 6.07 Å². The molecule has 0 aliphatic carbocycles. The van der Waals surface area contributed by atoms with Crippen LogP contribution in [0.15, 0.2) is 18.2 Å². The molecular formula is C9H10INO3. The first-order valence-electron chi connectivity index (χ1n) is 3.95. The van der Waals surface area contributed by atoms with E-state index in [-0.39, 0.29) is 12.2 Å². The molecule has 0 amide bonds. The molecule has 0 radical (unpaired) electrons. The van der Waals surface area contributed by atoms with Crippen LogP contribution in [0.2, 0.25) is 0 Å². The molecule has 0 aliphatic rings. The van der Waals surface area contributed by atoms with Gasteiger partial charge < -0.3 is 15.9 Å². The van der Waals surface area contributed by atoms with E-state index in [4.69, 9.17) is 15.9 Å². The Balaban J connectivity index is 3.07. The third-order valence-electron chi connectivity index (χ3n) is 1.84. The first kappa shape index (κ1) is 11.4. The molecule has 0 saturated heterocycles. The molecule has 0 spiro atoms. The maximum atomic E-state index is 10.6. The number of carboxylic acids is 1. The van der Waals surface area contributed by atoms with Crippen molar-refractivity contribution in [3.8, 4) is 0 Å². The molecule has 0 aromatic heterocycles. The van der Waals surface area contributed by atoms with Gasteiger partial charge in [-0.3, -0.25) is 0 Å². The summed E-state index contributed by atoms with van der Waals surface area (Å²) in [6, 6.07) is 4.19. The molecule has 4 nitrogen and oxygen atoms in total. The second-order valence-electron chi connectivity index (χ2n) is 2.83. The summed E-state index contributed by atoms with van der Waals surface area (Å²) in [6.07, 6.45) is 0. The number of nitrogens with two attached hydrogens (primary N) is 1. The van der Waals surface area contributed by atoms with Gasteiger partial charge in [0.1, 0.15) is 0 Å². The van der Waals surface area contributed by atoms with E-state index in [1.165, 1.54) is 12.1 Å². The van der Waals surface area contributed by atoms with Crippen LogP contribution in [0.4, 0.5) is 0 Å². The lowest BCUT2D eigenvalue weighted by atomic mass is 10.1. The van der Waals surface area contributed by atoms with Gasteiger partial charge in [-0.2, -0.15) is 0 Å². The SMILES string of the molecule is NC(CO)c1ccc(C(=O)O)cc1I. The second kappa shape index (κ2) is 4.72. The summed E-state index contributed by atoms with van der Waals surface area (Å²) in [5.41, 5.74) is 6.61. The van der Waals surface area contributed by atoms with Crippen molar-refractivity contribution >= 4 is 28.6 Å². The lowest BCUT2D eigenvalue weighted by Crippen LogP contribution is -2.16. The van der Waals surface area contributed by atoms with Crippen LogP contribution in [-0.4, -0.2) is 22.8 Å². The molecule has 1 aromatic rings. The van der Waals surface area contributed by atoms with Crippen LogP contribution >= 0.6 is 22.6 Å². The van der Waals surface area contributed by atoms with Crippen LogP contribution in [0.1, 0.15) is 22.0 Å². The van der Waals surface area contributed by atoms with Crippen LogP contribution in [0.3, 0.4) is 0 Å². The molecule has 1 unspecified atom stereocenters. The zero-order chi connectivity index (χ0) is 10.7. The minimum atomic E-state index is -0.966. The number of aliphatic hydroxyl groups is 1. The summed E-state index contributed by atoms with van der Waals surface area (Å²) < 4.78 is 0.754. The van der Waals surface area contributed by atoms with Gasteiger partial charge in [-0.15, -0.1) is 0 Å². The Bertz CT molecular complexity index is 354. The number of halogens is 1. The lowest BCUT2D eigenvalue weighted by Gasteiger charge is -2.11. The first-order chi connectivity index (χ1) is 6.56. The Labute approximate surface area is 94.9 Å². The molecule has 0 aliphatic heterocycles. The zero-order valence-electron chi connectivity index (χ0n) is 7.27. The Morgan fingerprint density at radius 1 is 1.57 bits per heavy atom. The van der Waals surface area contributed by atoms with Crippen molar-refractivity contribution in [3.05, 3.63) is 32.9 Å². The van der Waals surface area contributed by atoms with Crippen LogP contribution in [-0.2, 0) is 0 Å². The average molecular weight is 307 g/mol. The maximum Gasteiger partial charge on any atom is 0.335 e. The zero-order valence-corrected chi connectivity index (χ0v) is 9.43. The number of aromatic carboxylic acids is 1. The monoisotopic (exact) mass is 307 g/mol. The van der Waals surface area contributed by atoms with Gasteiger partial charge in [-0.25, -0.2) is 4.79 Å². The summed E-state index contributed by atoms with van der Waals surface area (Å²) >= 11 is 2.00. The molecule has 1 rings (SSSR count). The van der Waals surface area contributed by atoms with Gasteiger partial charge in [0.2, 0.25) is 0 Å². The Hall–Kier alpha value is -0.660. The fourth-order valence-electron chi connectivity index (χ4n) is 1.06. The van der Waals surface area contributed by atoms with Crippen molar-refractivity contribution in [2.24, 2.45) is 5.73 Å². The van der Waals surface area contributed by atoms with Crippen molar-refractivity contribution in [3.63, 3.8) is 0 Å². The van der Waals surface area contributed by atoms with Crippen LogP contribution in [0.25, 0.3) is 0 Å². The molecule has 1 aromatic carbocycles. The maximum absolute atomic E-state index is 10.6. The van der Waals surface area contributed by atoms with E-state index in [1.54, 1.807) is 6.07 Å². The lowest BCUT2D eigenvalue weighted by molar-refractivity contribution is 0.0697. The fourth-order valence-corrected chi connectivity index (χ4v) is 1.97. The summed E-state index contributed by atoms with van der Waals surface area (Å²) in [6.45, 7) is -0.150. The van der Waals surface area contributed by atoms with Gasteiger partial charge in [0.25, 0.3) is 0 Å². The standard InChI is InChI=1S/C9H10INO3/c10-7-3-5(9(13)14)1-2-6(7)8(11)4-12/h1-3,8,12H,4,11H2,(H,13,14). The molecule has 76 valence electrons. The predicted octanol–water partition coefficient (Wildman–Crippen LogP) is 0.982. The van der Waals surface area contributed by atoms with E-state index in [0.29, 0.717) is 0 Å². The largest absolute Gasteiger partial charge is 0.478 e. The summed E-state index contributed by atoms with van der Waals surface area (Å²) in [5.74, 6) is -0.966. The molecule has 4 N–H and O–H groups in total. The fraction of sp³-hybridized carbons (Fsp3) is 0.222. The van der Waals surface area contributed by atoms with Crippen molar-refractivity contribution in [1.29, 1.82) is 0 Å². The Morgan fingerprint density at radius 3 is 2.64 bits per heavy atom. The quantitative estimate of drug-likeness (QED) is 0.727. The second-order valence-corrected chi connectivity index (χ2v) is 3.99. The molecule has 5 heteroatoms. The van der Waals surface area contributed by atoms with Crippen LogP contribution in [0, 0.1) is 3.57 Å². The highest BCUT2D eigenvalue weighted by molar-refractivity contribution is 14.1. The highest BCUT2D eigenvalue weighted by atomic mass is 127. The first-order valence-corrected chi connectivity index (χ1v) is 5.03. The van der Waals surface area contributed by atoms with E-state index >= 15 is 0 Å². The molecule has 0 fully saturated rings. The van der Waals surface area contributed by atoms with E-state index in [0.717, 1.165) is 9.13 Å². The summed E-state index contributed by atoms with van der Waals surface area (Å²) in [4.78, 5) is 10.6. The normalized spacial score (nSPS) is 12.5. The smallest absolute Gasteiger partial charge is 0.335 e. The van der Waals surface area contributed by atoms with Crippen molar-refractivity contribution in [1.82, 2.24) is 0 Å². The van der Waals surface area contributed by atoms with Crippen molar-refractivity contribution < 1.29 is 15.0 Å².